The van der Waals surface area contributed by atoms with Gasteiger partial charge in [-0.05, 0) is 30.3 Å². The second-order valence-electron chi connectivity index (χ2n) is 5.94. The van der Waals surface area contributed by atoms with Gasteiger partial charge in [-0.25, -0.2) is 8.78 Å². The standard InChI is InChI=1S/C17H10F8N2O4/c18-11-3-1-8(5-12(11)27(29)30)14(28)26-9-2-4-13(10(6-9)17(23,24)25)31-7-16(21,22)15(19)20/h1-6,15H,7H2,(H,26,28). The van der Waals surface area contributed by atoms with E-state index in [0.717, 1.165) is 12.1 Å². The van der Waals surface area contributed by atoms with Gasteiger partial charge in [0.1, 0.15) is 5.75 Å². The normalized spacial score (nSPS) is 12.0. The fourth-order valence-electron chi connectivity index (χ4n) is 2.19. The molecule has 0 aromatic heterocycles. The minimum absolute atomic E-state index is 0.283. The Bertz CT molecular complexity index is 995. The molecule has 0 bridgehead atoms. The van der Waals surface area contributed by atoms with Crippen molar-refractivity contribution in [2.45, 2.75) is 18.5 Å². The number of nitro groups is 1. The van der Waals surface area contributed by atoms with Crippen molar-refractivity contribution in [1.82, 2.24) is 0 Å². The number of nitrogens with zero attached hydrogens (tertiary/aromatic N) is 1. The number of alkyl halides is 7. The molecule has 14 heteroatoms. The van der Waals surface area contributed by atoms with E-state index in [1.54, 1.807) is 0 Å². The number of carbonyl (C=O) groups is 1. The molecule has 0 aliphatic heterocycles. The van der Waals surface area contributed by atoms with Crippen LogP contribution in [-0.2, 0) is 6.18 Å². The van der Waals surface area contributed by atoms with Crippen molar-refractivity contribution in [3.05, 3.63) is 63.5 Å². The highest BCUT2D eigenvalue weighted by Crippen LogP contribution is 2.39. The van der Waals surface area contributed by atoms with Gasteiger partial charge in [0.15, 0.2) is 6.61 Å². The molecule has 0 saturated heterocycles. The third kappa shape index (κ3) is 5.79. The van der Waals surface area contributed by atoms with Crippen LogP contribution in [0.3, 0.4) is 0 Å². The SMILES string of the molecule is O=C(Nc1ccc(OCC(F)(F)C(F)F)c(C(F)(F)F)c1)c1ccc(F)c([N+](=O)[O-])c1. The van der Waals surface area contributed by atoms with E-state index in [0.29, 0.717) is 18.2 Å². The molecule has 0 atom stereocenters. The summed E-state index contributed by atoms with van der Waals surface area (Å²) < 4.78 is 107. The summed E-state index contributed by atoms with van der Waals surface area (Å²) >= 11 is 0. The minimum Gasteiger partial charge on any atom is -0.486 e. The van der Waals surface area contributed by atoms with Crippen LogP contribution in [0.4, 0.5) is 46.5 Å². The second-order valence-corrected chi connectivity index (χ2v) is 5.94. The molecule has 0 fully saturated rings. The average Bonchev–Trinajstić information content (AvgIpc) is 2.66. The maximum absolute atomic E-state index is 13.3. The molecule has 2 aromatic carbocycles. The lowest BCUT2D eigenvalue weighted by Gasteiger charge is -2.19. The largest absolute Gasteiger partial charge is 0.486 e. The Balaban J connectivity index is 2.29. The Morgan fingerprint density at radius 3 is 2.29 bits per heavy atom. The predicted molar refractivity (Wildman–Crippen MR) is 88.9 cm³/mol. The first kappa shape index (κ1) is 23.8. The zero-order valence-electron chi connectivity index (χ0n) is 14.9. The highest BCUT2D eigenvalue weighted by atomic mass is 19.4. The number of ether oxygens (including phenoxy) is 1. The molecule has 0 radical (unpaired) electrons. The summed E-state index contributed by atoms with van der Waals surface area (Å²) in [6, 6.07) is 3.60. The van der Waals surface area contributed by atoms with Crippen LogP contribution in [-0.4, -0.2) is 29.8 Å². The quantitative estimate of drug-likeness (QED) is 0.348. The predicted octanol–water partition coefficient (Wildman–Crippen LogP) is 5.28. The number of carbonyl (C=O) groups excluding carboxylic acids is 1. The van der Waals surface area contributed by atoms with Crippen LogP contribution in [0.1, 0.15) is 15.9 Å². The number of hydrogen-bond acceptors (Lipinski definition) is 4. The Labute approximate surface area is 167 Å². The van der Waals surface area contributed by atoms with Gasteiger partial charge < -0.3 is 10.1 Å². The summed E-state index contributed by atoms with van der Waals surface area (Å²) in [7, 11) is 0. The van der Waals surface area contributed by atoms with Crippen molar-refractivity contribution in [1.29, 1.82) is 0 Å². The molecule has 0 unspecified atom stereocenters. The highest BCUT2D eigenvalue weighted by Gasteiger charge is 2.43. The number of hydrogen-bond donors (Lipinski definition) is 1. The molecule has 2 aromatic rings. The highest BCUT2D eigenvalue weighted by molar-refractivity contribution is 6.04. The lowest BCUT2D eigenvalue weighted by atomic mass is 10.1. The number of rotatable bonds is 7. The summed E-state index contributed by atoms with van der Waals surface area (Å²) in [4.78, 5) is 21.7. The van der Waals surface area contributed by atoms with E-state index in [-0.39, 0.29) is 6.07 Å². The fourth-order valence-corrected chi connectivity index (χ4v) is 2.19. The first-order valence-electron chi connectivity index (χ1n) is 7.97. The van der Waals surface area contributed by atoms with E-state index in [1.165, 1.54) is 0 Å². The number of halogens is 8. The third-order valence-corrected chi connectivity index (χ3v) is 3.69. The molecule has 168 valence electrons. The van der Waals surface area contributed by atoms with Crippen LogP contribution in [0.15, 0.2) is 36.4 Å². The number of nitrogens with one attached hydrogen (secondary N) is 1. The lowest BCUT2D eigenvalue weighted by molar-refractivity contribution is -0.387. The number of anilines is 1. The molecule has 6 nitrogen and oxygen atoms in total. The Morgan fingerprint density at radius 1 is 1.10 bits per heavy atom. The van der Waals surface area contributed by atoms with Crippen molar-refractivity contribution >= 4 is 17.3 Å². The maximum Gasteiger partial charge on any atom is 0.420 e. The average molecular weight is 458 g/mol. The maximum atomic E-state index is 13.3. The molecule has 0 heterocycles. The van der Waals surface area contributed by atoms with Crippen molar-refractivity contribution in [3.63, 3.8) is 0 Å². The first-order chi connectivity index (χ1) is 14.2. The van der Waals surface area contributed by atoms with Gasteiger partial charge >= 0.3 is 24.2 Å². The zero-order chi connectivity index (χ0) is 23.6. The van der Waals surface area contributed by atoms with Gasteiger partial charge in [-0.15, -0.1) is 0 Å². The van der Waals surface area contributed by atoms with Crippen molar-refractivity contribution in [2.75, 3.05) is 11.9 Å². The molecular weight excluding hydrogens is 448 g/mol. The summed E-state index contributed by atoms with van der Waals surface area (Å²) in [5.41, 5.74) is -3.69. The Hall–Kier alpha value is -3.45. The van der Waals surface area contributed by atoms with E-state index in [9.17, 15) is 50.0 Å². The zero-order valence-corrected chi connectivity index (χ0v) is 14.9. The van der Waals surface area contributed by atoms with Crippen molar-refractivity contribution in [2.24, 2.45) is 0 Å². The van der Waals surface area contributed by atoms with Gasteiger partial charge in [-0.3, -0.25) is 14.9 Å². The Kier molecular flexibility index (Phi) is 6.71. The van der Waals surface area contributed by atoms with Crippen LogP contribution in [0.25, 0.3) is 0 Å². The van der Waals surface area contributed by atoms with Gasteiger partial charge in [0.25, 0.3) is 5.91 Å². The van der Waals surface area contributed by atoms with Crippen molar-refractivity contribution in [3.8, 4) is 5.75 Å². The van der Waals surface area contributed by atoms with Crippen molar-refractivity contribution < 1.29 is 49.6 Å². The topological polar surface area (TPSA) is 81.5 Å². The van der Waals surface area contributed by atoms with Gasteiger partial charge in [0.05, 0.1) is 10.5 Å². The molecule has 31 heavy (non-hydrogen) atoms. The van der Waals surface area contributed by atoms with E-state index in [4.69, 9.17) is 0 Å². The Morgan fingerprint density at radius 2 is 1.74 bits per heavy atom. The van der Waals surface area contributed by atoms with Crippen LogP contribution in [0.2, 0.25) is 0 Å². The summed E-state index contributed by atoms with van der Waals surface area (Å²) in [5, 5.41) is 12.7. The second kappa shape index (κ2) is 8.73. The molecule has 0 aliphatic rings. The van der Waals surface area contributed by atoms with Crippen LogP contribution in [0, 0.1) is 15.9 Å². The van der Waals surface area contributed by atoms with E-state index in [1.807, 2.05) is 5.32 Å². The third-order valence-electron chi connectivity index (χ3n) is 3.69. The number of amides is 1. The van der Waals surface area contributed by atoms with Crippen LogP contribution in [0.5, 0.6) is 5.75 Å². The summed E-state index contributed by atoms with van der Waals surface area (Å²) in [6.07, 6.45) is -9.34. The molecule has 1 amide bonds. The smallest absolute Gasteiger partial charge is 0.420 e. The molecule has 2 rings (SSSR count). The van der Waals surface area contributed by atoms with Crippen LogP contribution >= 0.6 is 0 Å². The molecule has 0 saturated carbocycles. The van der Waals surface area contributed by atoms with Gasteiger partial charge in [-0.2, -0.15) is 26.3 Å². The monoisotopic (exact) mass is 458 g/mol. The molecule has 0 aliphatic carbocycles. The summed E-state index contributed by atoms with van der Waals surface area (Å²) in [5.74, 6) is -8.28. The lowest BCUT2D eigenvalue weighted by Crippen LogP contribution is -2.34. The van der Waals surface area contributed by atoms with Crippen LogP contribution < -0.4 is 10.1 Å². The van der Waals surface area contributed by atoms with E-state index < -0.39 is 70.0 Å². The van der Waals surface area contributed by atoms with E-state index in [2.05, 4.69) is 4.74 Å². The first-order valence-corrected chi connectivity index (χ1v) is 7.97. The van der Waals surface area contributed by atoms with Gasteiger partial charge in [0, 0.05) is 17.3 Å². The van der Waals surface area contributed by atoms with Gasteiger partial charge in [-0.1, -0.05) is 0 Å². The molecule has 0 spiro atoms. The number of benzene rings is 2. The summed E-state index contributed by atoms with van der Waals surface area (Å²) in [6.45, 7) is -2.03. The number of nitro benzene ring substituents is 1. The van der Waals surface area contributed by atoms with Gasteiger partial charge in [0.2, 0.25) is 5.82 Å². The fraction of sp³-hybridized carbons (Fsp3) is 0.235. The molecular formula is C17H10F8N2O4. The molecule has 1 N–H and O–H groups in total. The van der Waals surface area contributed by atoms with E-state index >= 15 is 0 Å². The minimum atomic E-state index is -5.18.